The van der Waals surface area contributed by atoms with Crippen molar-refractivity contribution in [3.63, 3.8) is 0 Å². The van der Waals surface area contributed by atoms with E-state index in [1.54, 1.807) is 25.3 Å². The van der Waals surface area contributed by atoms with E-state index < -0.39 is 0 Å². The molecule has 1 aliphatic heterocycles. The van der Waals surface area contributed by atoms with Crippen LogP contribution in [0, 0.1) is 17.0 Å². The minimum atomic E-state index is -0.390. The van der Waals surface area contributed by atoms with Gasteiger partial charge in [-0.05, 0) is 26.2 Å². The molecule has 1 N–H and O–H groups in total. The van der Waals surface area contributed by atoms with Crippen molar-refractivity contribution < 1.29 is 14.5 Å². The van der Waals surface area contributed by atoms with Crippen molar-refractivity contribution in [2.75, 3.05) is 30.4 Å². The molecule has 3 aromatic rings. The summed E-state index contributed by atoms with van der Waals surface area (Å²) >= 11 is 0. The molecule has 0 spiro atoms. The first-order chi connectivity index (χ1) is 15.5. The van der Waals surface area contributed by atoms with E-state index in [0.717, 1.165) is 38.6 Å². The van der Waals surface area contributed by atoms with Gasteiger partial charge in [-0.2, -0.15) is 10.1 Å². The predicted octanol–water partition coefficient (Wildman–Crippen LogP) is 3.43. The molecule has 1 saturated heterocycles. The van der Waals surface area contributed by atoms with Gasteiger partial charge in [-0.1, -0.05) is 0 Å². The molecule has 1 fully saturated rings. The van der Waals surface area contributed by atoms with Crippen LogP contribution in [0.15, 0.2) is 30.6 Å². The molecule has 11 nitrogen and oxygen atoms in total. The molecule has 2 aromatic heterocycles. The van der Waals surface area contributed by atoms with E-state index in [1.807, 2.05) is 4.90 Å². The van der Waals surface area contributed by atoms with Crippen molar-refractivity contribution in [2.24, 2.45) is 0 Å². The first-order valence-corrected chi connectivity index (χ1v) is 10.2. The fourth-order valence-corrected chi connectivity index (χ4v) is 3.72. The quantitative estimate of drug-likeness (QED) is 0.336. The Bertz CT molecular complexity index is 1160. The van der Waals surface area contributed by atoms with E-state index in [1.165, 1.54) is 24.1 Å². The number of nitrogens with one attached hydrogen (secondary N) is 1. The zero-order valence-corrected chi connectivity index (χ0v) is 17.8. The highest BCUT2D eigenvalue weighted by molar-refractivity contribution is 5.77. The summed E-state index contributed by atoms with van der Waals surface area (Å²) in [5.74, 6) is 1.10. The van der Waals surface area contributed by atoms with Crippen molar-refractivity contribution in [2.45, 2.75) is 26.2 Å². The molecule has 4 rings (SSSR count). The Morgan fingerprint density at radius 3 is 2.69 bits per heavy atom. The Morgan fingerprint density at radius 1 is 1.25 bits per heavy atom. The summed E-state index contributed by atoms with van der Waals surface area (Å²) < 4.78 is 6.99. The molecule has 1 aromatic carbocycles. The number of rotatable bonds is 7. The Balaban J connectivity index is 1.68. The molecule has 0 amide bonds. The molecule has 0 bridgehead atoms. The van der Waals surface area contributed by atoms with Crippen molar-refractivity contribution in [3.8, 4) is 11.6 Å². The highest BCUT2D eigenvalue weighted by Crippen LogP contribution is 2.40. The van der Waals surface area contributed by atoms with E-state index >= 15 is 0 Å². The first kappa shape index (κ1) is 21.2. The molecule has 32 heavy (non-hydrogen) atoms. The third-order valence-electron chi connectivity index (χ3n) is 5.38. The lowest BCUT2D eigenvalue weighted by molar-refractivity contribution is -0.384. The highest BCUT2D eigenvalue weighted by Gasteiger charge is 2.25. The van der Waals surface area contributed by atoms with Gasteiger partial charge in [0, 0.05) is 43.7 Å². The van der Waals surface area contributed by atoms with E-state index in [0.29, 0.717) is 34.2 Å². The molecule has 166 valence electrons. The number of piperidine rings is 1. The SMILES string of the molecule is COc1cc(N2CCCCC2)c([N+](=O)[O-])cc1Nc1nccc(-n2cc(C=O)c(C)n2)n1. The molecule has 0 saturated carbocycles. The van der Waals surface area contributed by atoms with Gasteiger partial charge in [0.15, 0.2) is 12.1 Å². The van der Waals surface area contributed by atoms with E-state index in [9.17, 15) is 14.9 Å². The largest absolute Gasteiger partial charge is 0.494 e. The number of carbonyl (C=O) groups excluding carboxylic acids is 1. The van der Waals surface area contributed by atoms with Crippen molar-refractivity contribution in [1.82, 2.24) is 19.7 Å². The number of aryl methyl sites for hydroxylation is 1. The summed E-state index contributed by atoms with van der Waals surface area (Å²) in [7, 11) is 1.51. The smallest absolute Gasteiger partial charge is 0.294 e. The molecule has 3 heterocycles. The number of anilines is 3. The number of methoxy groups -OCH3 is 1. The number of aromatic nitrogens is 4. The third-order valence-corrected chi connectivity index (χ3v) is 5.38. The summed E-state index contributed by atoms with van der Waals surface area (Å²) in [6.45, 7) is 3.27. The maximum Gasteiger partial charge on any atom is 0.294 e. The molecule has 0 atom stereocenters. The molecular weight excluding hydrogens is 414 g/mol. The van der Waals surface area contributed by atoms with Gasteiger partial charge in [0.05, 0.1) is 29.0 Å². The Hall–Kier alpha value is -4.02. The van der Waals surface area contributed by atoms with Gasteiger partial charge in [-0.15, -0.1) is 0 Å². The zero-order valence-electron chi connectivity index (χ0n) is 17.8. The summed E-state index contributed by atoms with van der Waals surface area (Å²) in [4.78, 5) is 33.2. The first-order valence-electron chi connectivity index (χ1n) is 10.2. The molecular formula is C21H23N7O4. The lowest BCUT2D eigenvalue weighted by Crippen LogP contribution is -2.30. The lowest BCUT2D eigenvalue weighted by Gasteiger charge is -2.29. The van der Waals surface area contributed by atoms with Gasteiger partial charge in [-0.3, -0.25) is 14.9 Å². The number of benzene rings is 1. The fourth-order valence-electron chi connectivity index (χ4n) is 3.72. The third kappa shape index (κ3) is 4.22. The normalized spacial score (nSPS) is 13.6. The van der Waals surface area contributed by atoms with E-state index in [4.69, 9.17) is 4.74 Å². The predicted molar refractivity (Wildman–Crippen MR) is 118 cm³/mol. The molecule has 0 aliphatic carbocycles. The second-order valence-electron chi connectivity index (χ2n) is 7.44. The number of nitro groups is 1. The standard InChI is InChI=1S/C21H23N7O4/c1-14-15(13-29)12-27(25-14)20-6-7-22-21(24-20)23-16-10-18(28(30)31)17(11-19(16)32-2)26-8-4-3-5-9-26/h6-7,10-13H,3-5,8-9H2,1-2H3,(H,22,23,24). The number of hydrogen-bond acceptors (Lipinski definition) is 9. The molecule has 1 aliphatic rings. The van der Waals surface area contributed by atoms with Crippen LogP contribution in [0.4, 0.5) is 23.0 Å². The van der Waals surface area contributed by atoms with Crippen LogP contribution in [0.2, 0.25) is 0 Å². The van der Waals surface area contributed by atoms with Crippen LogP contribution in [-0.2, 0) is 0 Å². The van der Waals surface area contributed by atoms with E-state index in [2.05, 4.69) is 20.4 Å². The minimum Gasteiger partial charge on any atom is -0.494 e. The number of nitrogens with zero attached hydrogens (tertiary/aromatic N) is 6. The lowest BCUT2D eigenvalue weighted by atomic mass is 10.1. The maximum atomic E-state index is 11.8. The van der Waals surface area contributed by atoms with Crippen molar-refractivity contribution in [3.05, 3.63) is 52.0 Å². The average molecular weight is 437 g/mol. The number of ether oxygens (including phenoxy) is 1. The minimum absolute atomic E-state index is 0.00956. The summed E-state index contributed by atoms with van der Waals surface area (Å²) in [5.41, 5.74) is 1.95. The van der Waals surface area contributed by atoms with E-state index in [-0.39, 0.29) is 16.6 Å². The van der Waals surface area contributed by atoms with Crippen LogP contribution in [0.25, 0.3) is 5.82 Å². The maximum absolute atomic E-state index is 11.8. The van der Waals surface area contributed by atoms with Gasteiger partial charge < -0.3 is 15.0 Å². The van der Waals surface area contributed by atoms with Gasteiger partial charge >= 0.3 is 0 Å². The molecule has 11 heteroatoms. The zero-order chi connectivity index (χ0) is 22.7. The number of nitro benzene ring substituents is 1. The van der Waals surface area contributed by atoms with Crippen LogP contribution in [0.3, 0.4) is 0 Å². The summed E-state index contributed by atoms with van der Waals surface area (Å²) in [6, 6.07) is 4.77. The monoisotopic (exact) mass is 437 g/mol. The summed E-state index contributed by atoms with van der Waals surface area (Å²) in [6.07, 6.45) is 6.96. The van der Waals surface area contributed by atoms with Crippen LogP contribution in [0.1, 0.15) is 35.3 Å². The highest BCUT2D eigenvalue weighted by atomic mass is 16.6. The number of aldehydes is 1. The van der Waals surface area contributed by atoms with Gasteiger partial charge in [0.25, 0.3) is 5.69 Å². The molecule has 0 radical (unpaired) electrons. The number of carbonyl (C=O) groups is 1. The van der Waals surface area contributed by atoms with Crippen LogP contribution in [0.5, 0.6) is 5.75 Å². The van der Waals surface area contributed by atoms with Crippen LogP contribution >= 0.6 is 0 Å². The Kier molecular flexibility index (Phi) is 5.97. The van der Waals surface area contributed by atoms with Gasteiger partial charge in [0.1, 0.15) is 11.4 Å². The fraction of sp³-hybridized carbons (Fsp3) is 0.333. The average Bonchev–Trinajstić information content (AvgIpc) is 3.20. The van der Waals surface area contributed by atoms with Gasteiger partial charge in [0.2, 0.25) is 5.95 Å². The van der Waals surface area contributed by atoms with Crippen molar-refractivity contribution >= 4 is 29.3 Å². The van der Waals surface area contributed by atoms with Gasteiger partial charge in [-0.25, -0.2) is 9.67 Å². The van der Waals surface area contributed by atoms with Crippen LogP contribution < -0.4 is 15.0 Å². The van der Waals surface area contributed by atoms with Crippen molar-refractivity contribution in [1.29, 1.82) is 0 Å². The Morgan fingerprint density at radius 2 is 2.03 bits per heavy atom. The molecule has 0 unspecified atom stereocenters. The Labute approximate surface area is 184 Å². The second kappa shape index (κ2) is 9.00. The topological polar surface area (TPSA) is 128 Å². The number of hydrogen-bond donors (Lipinski definition) is 1. The van der Waals surface area contributed by atoms with Crippen LogP contribution in [-0.4, -0.2) is 51.2 Å². The second-order valence-corrected chi connectivity index (χ2v) is 7.44. The summed E-state index contributed by atoms with van der Waals surface area (Å²) in [5, 5.41) is 19.1.